The first kappa shape index (κ1) is 11.4. The van der Waals surface area contributed by atoms with Gasteiger partial charge in [-0.15, -0.1) is 0 Å². The molecule has 1 aromatic heterocycles. The molecule has 0 radical (unpaired) electrons. The molecule has 2 N–H and O–H groups in total. The molecule has 88 valence electrons. The first-order valence-electron chi connectivity index (χ1n) is 5.65. The van der Waals surface area contributed by atoms with Gasteiger partial charge in [0, 0.05) is 31.4 Å². The second-order valence-corrected chi connectivity index (χ2v) is 4.03. The second-order valence-electron chi connectivity index (χ2n) is 4.03. The molecular weight excluding hydrogens is 204 g/mol. The zero-order valence-electron chi connectivity index (χ0n) is 9.66. The van der Waals surface area contributed by atoms with Gasteiger partial charge in [-0.1, -0.05) is 0 Å². The summed E-state index contributed by atoms with van der Waals surface area (Å²) in [6.45, 7) is 2.16. The van der Waals surface area contributed by atoms with Crippen molar-refractivity contribution in [3.05, 3.63) is 23.0 Å². The van der Waals surface area contributed by atoms with Crippen molar-refractivity contribution in [2.75, 3.05) is 26.1 Å². The number of ether oxygens (including phenoxy) is 2. The van der Waals surface area contributed by atoms with E-state index in [-0.39, 0.29) is 0 Å². The van der Waals surface area contributed by atoms with Gasteiger partial charge in [-0.2, -0.15) is 0 Å². The van der Waals surface area contributed by atoms with Crippen LogP contribution in [0.15, 0.2) is 6.07 Å². The van der Waals surface area contributed by atoms with Crippen LogP contribution in [0.5, 0.6) is 0 Å². The zero-order valence-corrected chi connectivity index (χ0v) is 9.66. The molecule has 16 heavy (non-hydrogen) atoms. The van der Waals surface area contributed by atoms with Gasteiger partial charge in [-0.05, 0) is 18.9 Å². The summed E-state index contributed by atoms with van der Waals surface area (Å²) >= 11 is 0. The maximum atomic E-state index is 5.97. The van der Waals surface area contributed by atoms with E-state index in [0.29, 0.717) is 6.61 Å². The van der Waals surface area contributed by atoms with Crippen LogP contribution in [0.1, 0.15) is 23.4 Å². The predicted molar refractivity (Wildman–Crippen MR) is 62.2 cm³/mol. The fourth-order valence-electron chi connectivity index (χ4n) is 1.93. The number of anilines is 1. The summed E-state index contributed by atoms with van der Waals surface area (Å²) in [5.41, 5.74) is 10.0. The van der Waals surface area contributed by atoms with Crippen molar-refractivity contribution in [2.24, 2.45) is 0 Å². The van der Waals surface area contributed by atoms with E-state index in [9.17, 15) is 0 Å². The molecule has 0 unspecified atom stereocenters. The Hall–Kier alpha value is -1.13. The third-order valence-electron chi connectivity index (χ3n) is 2.81. The highest BCUT2D eigenvalue weighted by Crippen LogP contribution is 2.21. The number of hydrogen-bond acceptors (Lipinski definition) is 4. The summed E-state index contributed by atoms with van der Waals surface area (Å²) in [7, 11) is 1.71. The molecule has 1 aliphatic heterocycles. The van der Waals surface area contributed by atoms with Gasteiger partial charge in [0.25, 0.3) is 0 Å². The zero-order chi connectivity index (χ0) is 11.4. The molecule has 0 aromatic carbocycles. The quantitative estimate of drug-likeness (QED) is 0.780. The van der Waals surface area contributed by atoms with Gasteiger partial charge >= 0.3 is 0 Å². The fourth-order valence-corrected chi connectivity index (χ4v) is 1.93. The number of pyridine rings is 1. The standard InChI is InChI=1S/C12H18N2O2/c1-15-5-2-3-12-10(13)7-9-8-16-6-4-11(9)14-12/h7H,2-6,8,13H2,1H3. The van der Waals surface area contributed by atoms with Crippen molar-refractivity contribution in [2.45, 2.75) is 25.9 Å². The molecule has 0 spiro atoms. The summed E-state index contributed by atoms with van der Waals surface area (Å²) in [5, 5.41) is 0. The molecule has 0 saturated heterocycles. The Kier molecular flexibility index (Phi) is 3.74. The topological polar surface area (TPSA) is 57.4 Å². The Labute approximate surface area is 95.8 Å². The van der Waals surface area contributed by atoms with Crippen molar-refractivity contribution >= 4 is 5.69 Å². The largest absolute Gasteiger partial charge is 0.397 e. The smallest absolute Gasteiger partial charge is 0.0735 e. The van der Waals surface area contributed by atoms with Crippen LogP contribution in [0.25, 0.3) is 0 Å². The normalized spacial score (nSPS) is 14.8. The van der Waals surface area contributed by atoms with E-state index >= 15 is 0 Å². The number of nitrogens with zero attached hydrogens (tertiary/aromatic N) is 1. The number of methoxy groups -OCH3 is 1. The van der Waals surface area contributed by atoms with E-state index in [1.54, 1.807) is 7.11 Å². The Bertz CT molecular complexity index is 366. The maximum absolute atomic E-state index is 5.97. The molecule has 0 bridgehead atoms. The highest BCUT2D eigenvalue weighted by molar-refractivity contribution is 5.47. The van der Waals surface area contributed by atoms with Crippen LogP contribution in [0.2, 0.25) is 0 Å². The van der Waals surface area contributed by atoms with Crippen molar-refractivity contribution in [3.63, 3.8) is 0 Å². The Morgan fingerprint density at radius 3 is 3.25 bits per heavy atom. The van der Waals surface area contributed by atoms with E-state index in [1.165, 1.54) is 0 Å². The number of hydrogen-bond donors (Lipinski definition) is 1. The first-order valence-corrected chi connectivity index (χ1v) is 5.65. The summed E-state index contributed by atoms with van der Waals surface area (Å²) in [4.78, 5) is 4.62. The number of rotatable bonds is 4. The lowest BCUT2D eigenvalue weighted by Gasteiger charge is -2.17. The van der Waals surface area contributed by atoms with Crippen LogP contribution >= 0.6 is 0 Å². The minimum Gasteiger partial charge on any atom is -0.397 e. The summed E-state index contributed by atoms with van der Waals surface area (Å²) in [5.74, 6) is 0. The van der Waals surface area contributed by atoms with Gasteiger partial charge in [-0.25, -0.2) is 0 Å². The van der Waals surface area contributed by atoms with Gasteiger partial charge < -0.3 is 15.2 Å². The molecular formula is C12H18N2O2. The van der Waals surface area contributed by atoms with Crippen molar-refractivity contribution < 1.29 is 9.47 Å². The third kappa shape index (κ3) is 2.51. The van der Waals surface area contributed by atoms with E-state index in [1.807, 2.05) is 6.07 Å². The number of aryl methyl sites for hydroxylation is 1. The molecule has 0 atom stereocenters. The lowest BCUT2D eigenvalue weighted by molar-refractivity contribution is 0.109. The number of nitrogen functional groups attached to an aromatic ring is 1. The number of nitrogens with two attached hydrogens (primary N) is 1. The average molecular weight is 222 g/mol. The van der Waals surface area contributed by atoms with Crippen LogP contribution < -0.4 is 5.73 Å². The highest BCUT2D eigenvalue weighted by Gasteiger charge is 2.13. The molecule has 1 aliphatic rings. The van der Waals surface area contributed by atoms with Crippen LogP contribution in [0.4, 0.5) is 5.69 Å². The third-order valence-corrected chi connectivity index (χ3v) is 2.81. The Morgan fingerprint density at radius 1 is 1.56 bits per heavy atom. The molecule has 0 amide bonds. The van der Waals surface area contributed by atoms with E-state index in [4.69, 9.17) is 15.2 Å². The summed E-state index contributed by atoms with van der Waals surface area (Å²) < 4.78 is 10.4. The van der Waals surface area contributed by atoms with Gasteiger partial charge in [0.05, 0.1) is 24.6 Å². The lowest BCUT2D eigenvalue weighted by atomic mass is 10.1. The van der Waals surface area contributed by atoms with Gasteiger partial charge in [-0.3, -0.25) is 4.98 Å². The van der Waals surface area contributed by atoms with Crippen molar-refractivity contribution in [3.8, 4) is 0 Å². The monoisotopic (exact) mass is 222 g/mol. The van der Waals surface area contributed by atoms with Crippen molar-refractivity contribution in [1.82, 2.24) is 4.98 Å². The molecule has 1 aromatic rings. The van der Waals surface area contributed by atoms with E-state index in [0.717, 1.165) is 55.1 Å². The molecule has 4 heteroatoms. The minimum atomic E-state index is 0.644. The van der Waals surface area contributed by atoms with Crippen LogP contribution in [-0.4, -0.2) is 25.3 Å². The first-order chi connectivity index (χ1) is 7.81. The number of aromatic nitrogens is 1. The predicted octanol–water partition coefficient (Wildman–Crippen LogP) is 1.32. The maximum Gasteiger partial charge on any atom is 0.0735 e. The molecule has 2 rings (SSSR count). The summed E-state index contributed by atoms with van der Waals surface area (Å²) in [6.07, 6.45) is 2.74. The molecule has 0 aliphatic carbocycles. The van der Waals surface area contributed by atoms with Gasteiger partial charge in [0.15, 0.2) is 0 Å². The highest BCUT2D eigenvalue weighted by atomic mass is 16.5. The number of fused-ring (bicyclic) bond motifs is 1. The van der Waals surface area contributed by atoms with E-state index < -0.39 is 0 Å². The molecule has 4 nitrogen and oxygen atoms in total. The van der Waals surface area contributed by atoms with E-state index in [2.05, 4.69) is 4.98 Å². The minimum absolute atomic E-state index is 0.644. The summed E-state index contributed by atoms with van der Waals surface area (Å²) in [6, 6.07) is 2.00. The second kappa shape index (κ2) is 5.27. The van der Waals surface area contributed by atoms with Gasteiger partial charge in [0.1, 0.15) is 0 Å². The van der Waals surface area contributed by atoms with Gasteiger partial charge in [0.2, 0.25) is 0 Å². The average Bonchev–Trinajstić information content (AvgIpc) is 2.30. The Balaban J connectivity index is 2.12. The lowest BCUT2D eigenvalue weighted by Crippen LogP contribution is -2.14. The van der Waals surface area contributed by atoms with Crippen LogP contribution in [0, 0.1) is 0 Å². The van der Waals surface area contributed by atoms with Crippen LogP contribution in [0.3, 0.4) is 0 Å². The molecule has 0 saturated carbocycles. The van der Waals surface area contributed by atoms with Crippen molar-refractivity contribution in [1.29, 1.82) is 0 Å². The molecule has 2 heterocycles. The molecule has 0 fully saturated rings. The fraction of sp³-hybridized carbons (Fsp3) is 0.583. The Morgan fingerprint density at radius 2 is 2.44 bits per heavy atom. The van der Waals surface area contributed by atoms with Crippen LogP contribution in [-0.2, 0) is 28.9 Å². The SMILES string of the molecule is COCCCc1nc2c(cc1N)COCC2.